The molecule has 0 bridgehead atoms. The Kier molecular flexibility index (Phi) is 8.19. The minimum absolute atomic E-state index is 0.227. The van der Waals surface area contributed by atoms with Gasteiger partial charge in [0.25, 0.3) is 0 Å². The predicted octanol–water partition coefficient (Wildman–Crippen LogP) is 5.91. The summed E-state index contributed by atoms with van der Waals surface area (Å²) in [5.41, 5.74) is 3.87. The zero-order valence-electron chi connectivity index (χ0n) is 22.5. The number of likely N-dealkylation sites (tertiary alicyclic amines) is 1. The van der Waals surface area contributed by atoms with E-state index in [4.69, 9.17) is 32.9 Å². The van der Waals surface area contributed by atoms with E-state index in [-0.39, 0.29) is 12.0 Å². The summed E-state index contributed by atoms with van der Waals surface area (Å²) in [6.45, 7) is 12.9. The average molecular weight is 559 g/mol. The minimum Gasteiger partial charge on any atom is -0.444 e. The van der Waals surface area contributed by atoms with Gasteiger partial charge in [-0.3, -0.25) is 4.90 Å². The van der Waals surface area contributed by atoms with Crippen molar-refractivity contribution in [3.63, 3.8) is 0 Å². The first kappa shape index (κ1) is 27.3. The quantitative estimate of drug-likeness (QED) is 0.422. The number of hydrogen-bond donors (Lipinski definition) is 1. The number of carbonyl (C=O) groups excluding carboxylic acids is 1. The molecule has 2 saturated heterocycles. The molecule has 1 N–H and O–H groups in total. The number of ether oxygens (including phenoxy) is 1. The largest absolute Gasteiger partial charge is 0.444 e. The second-order valence-electron chi connectivity index (χ2n) is 11.4. The Morgan fingerprint density at radius 3 is 2.21 bits per heavy atom. The molecule has 7 nitrogen and oxygen atoms in total. The standard InChI is InChI=1S/C29H37Cl2N5O2/c1-29(2,3)38-28(37)35-12-8-22(9-13-35)27-33-25-16-23(30)24(31)17-26(25)36(27)19-21-6-4-20(5-7-21)18-34-14-10-32-11-15-34/h4-7,16-17,22,32H,8-15,18-19H2,1-3H3. The molecule has 38 heavy (non-hydrogen) atoms. The van der Waals surface area contributed by atoms with Gasteiger partial charge >= 0.3 is 6.09 Å². The number of benzene rings is 2. The molecule has 204 valence electrons. The summed E-state index contributed by atoms with van der Waals surface area (Å²) in [5, 5.41) is 4.44. The van der Waals surface area contributed by atoms with Crippen LogP contribution in [-0.4, -0.2) is 70.3 Å². The fourth-order valence-electron chi connectivity index (χ4n) is 5.32. The third-order valence-electron chi connectivity index (χ3n) is 7.31. The van der Waals surface area contributed by atoms with Gasteiger partial charge in [-0.2, -0.15) is 0 Å². The highest BCUT2D eigenvalue weighted by Crippen LogP contribution is 2.34. The normalized spacial score (nSPS) is 17.8. The smallest absolute Gasteiger partial charge is 0.410 e. The van der Waals surface area contributed by atoms with Crippen molar-refractivity contribution in [3.8, 4) is 0 Å². The Labute approximate surface area is 235 Å². The molecule has 1 aromatic heterocycles. The van der Waals surface area contributed by atoms with Crippen molar-refractivity contribution in [3.05, 3.63) is 63.4 Å². The van der Waals surface area contributed by atoms with Crippen LogP contribution in [0.4, 0.5) is 4.79 Å². The molecule has 2 fully saturated rings. The molecule has 2 aliphatic rings. The third-order valence-corrected chi connectivity index (χ3v) is 8.03. The van der Waals surface area contributed by atoms with Gasteiger partial charge in [-0.15, -0.1) is 0 Å². The Balaban J connectivity index is 1.35. The van der Waals surface area contributed by atoms with E-state index >= 15 is 0 Å². The van der Waals surface area contributed by atoms with Crippen LogP contribution in [0.25, 0.3) is 11.0 Å². The number of carbonyl (C=O) groups is 1. The molecule has 5 rings (SSSR count). The first-order valence-electron chi connectivity index (χ1n) is 13.5. The van der Waals surface area contributed by atoms with Crippen LogP contribution in [0.15, 0.2) is 36.4 Å². The maximum Gasteiger partial charge on any atom is 0.410 e. The van der Waals surface area contributed by atoms with Gasteiger partial charge in [-0.1, -0.05) is 47.5 Å². The van der Waals surface area contributed by atoms with Crippen molar-refractivity contribution >= 4 is 40.3 Å². The zero-order chi connectivity index (χ0) is 26.9. The van der Waals surface area contributed by atoms with Crippen molar-refractivity contribution in [1.82, 2.24) is 24.7 Å². The van der Waals surface area contributed by atoms with Crippen molar-refractivity contribution in [1.29, 1.82) is 0 Å². The van der Waals surface area contributed by atoms with Crippen LogP contribution < -0.4 is 5.32 Å². The molecule has 2 aliphatic heterocycles. The molecule has 2 aromatic carbocycles. The topological polar surface area (TPSA) is 62.6 Å². The summed E-state index contributed by atoms with van der Waals surface area (Å²) in [6, 6.07) is 12.7. The summed E-state index contributed by atoms with van der Waals surface area (Å²) in [4.78, 5) is 21.9. The predicted molar refractivity (Wildman–Crippen MR) is 153 cm³/mol. The van der Waals surface area contributed by atoms with Gasteiger partial charge in [0.2, 0.25) is 0 Å². The molecule has 0 aliphatic carbocycles. The van der Waals surface area contributed by atoms with E-state index in [0.29, 0.717) is 29.7 Å². The van der Waals surface area contributed by atoms with Crippen molar-refractivity contribution in [2.75, 3.05) is 39.3 Å². The number of rotatable bonds is 5. The summed E-state index contributed by atoms with van der Waals surface area (Å²) in [6.07, 6.45) is 1.41. The molecule has 0 atom stereocenters. The molecule has 1 amide bonds. The summed E-state index contributed by atoms with van der Waals surface area (Å²) in [5.74, 6) is 1.25. The number of imidazole rings is 1. The van der Waals surface area contributed by atoms with Crippen molar-refractivity contribution < 1.29 is 9.53 Å². The molecule has 0 saturated carbocycles. The molecular formula is C29H37Cl2N5O2. The Morgan fingerprint density at radius 2 is 1.58 bits per heavy atom. The molecular weight excluding hydrogens is 521 g/mol. The summed E-state index contributed by atoms with van der Waals surface area (Å²) < 4.78 is 7.86. The van der Waals surface area contributed by atoms with Gasteiger partial charge in [-0.25, -0.2) is 9.78 Å². The lowest BCUT2D eigenvalue weighted by atomic mass is 9.96. The van der Waals surface area contributed by atoms with Gasteiger partial charge in [0.05, 0.1) is 21.1 Å². The Bertz CT molecular complexity index is 1270. The van der Waals surface area contributed by atoms with Crippen LogP contribution in [0.1, 0.15) is 56.5 Å². The highest BCUT2D eigenvalue weighted by Gasteiger charge is 2.30. The van der Waals surface area contributed by atoms with Gasteiger partial charge in [0.1, 0.15) is 11.4 Å². The summed E-state index contributed by atoms with van der Waals surface area (Å²) in [7, 11) is 0. The van der Waals surface area contributed by atoms with E-state index in [1.165, 1.54) is 11.1 Å². The molecule has 3 heterocycles. The van der Waals surface area contributed by atoms with E-state index in [1.807, 2.05) is 32.9 Å². The highest BCUT2D eigenvalue weighted by molar-refractivity contribution is 6.42. The zero-order valence-corrected chi connectivity index (χ0v) is 24.0. The maximum absolute atomic E-state index is 12.6. The van der Waals surface area contributed by atoms with E-state index < -0.39 is 5.60 Å². The van der Waals surface area contributed by atoms with Crippen LogP contribution in [0.5, 0.6) is 0 Å². The fraction of sp³-hybridized carbons (Fsp3) is 0.517. The first-order chi connectivity index (χ1) is 18.2. The van der Waals surface area contributed by atoms with Crippen LogP contribution >= 0.6 is 23.2 Å². The lowest BCUT2D eigenvalue weighted by molar-refractivity contribution is 0.0202. The Hall–Kier alpha value is -2.32. The molecule has 0 spiro atoms. The van der Waals surface area contributed by atoms with Crippen LogP contribution in [0.2, 0.25) is 10.0 Å². The van der Waals surface area contributed by atoms with Crippen LogP contribution in [0.3, 0.4) is 0 Å². The number of amides is 1. The lowest BCUT2D eigenvalue weighted by Gasteiger charge is -2.33. The van der Waals surface area contributed by atoms with Crippen LogP contribution in [-0.2, 0) is 17.8 Å². The van der Waals surface area contributed by atoms with Crippen molar-refractivity contribution in [2.45, 2.75) is 58.2 Å². The second-order valence-corrected chi connectivity index (χ2v) is 12.2. The van der Waals surface area contributed by atoms with E-state index in [1.54, 1.807) is 4.90 Å². The monoisotopic (exact) mass is 557 g/mol. The number of piperazine rings is 1. The Morgan fingerprint density at radius 1 is 0.974 bits per heavy atom. The number of aromatic nitrogens is 2. The van der Waals surface area contributed by atoms with E-state index in [0.717, 1.165) is 62.4 Å². The van der Waals surface area contributed by atoms with Crippen LogP contribution in [0, 0.1) is 0 Å². The number of nitrogens with zero attached hydrogens (tertiary/aromatic N) is 4. The summed E-state index contributed by atoms with van der Waals surface area (Å²) >= 11 is 12.8. The molecule has 0 unspecified atom stereocenters. The number of fused-ring (bicyclic) bond motifs is 1. The number of halogens is 2. The number of piperidine rings is 1. The number of nitrogens with one attached hydrogen (secondary N) is 1. The van der Waals surface area contributed by atoms with Gasteiger partial charge in [-0.05, 0) is 56.9 Å². The van der Waals surface area contributed by atoms with E-state index in [9.17, 15) is 4.79 Å². The van der Waals surface area contributed by atoms with Gasteiger partial charge in [0, 0.05) is 58.3 Å². The van der Waals surface area contributed by atoms with Gasteiger partial charge < -0.3 is 19.5 Å². The van der Waals surface area contributed by atoms with Crippen molar-refractivity contribution in [2.24, 2.45) is 0 Å². The number of hydrogen-bond acceptors (Lipinski definition) is 5. The first-order valence-corrected chi connectivity index (χ1v) is 14.3. The SMILES string of the molecule is CC(C)(C)OC(=O)N1CCC(c2nc3cc(Cl)c(Cl)cc3n2Cc2ccc(CN3CCNCC3)cc2)CC1. The second kappa shape index (κ2) is 11.4. The van der Waals surface area contributed by atoms with Gasteiger partial charge in [0.15, 0.2) is 0 Å². The highest BCUT2D eigenvalue weighted by atomic mass is 35.5. The minimum atomic E-state index is -0.499. The lowest BCUT2D eigenvalue weighted by Crippen LogP contribution is -2.42. The maximum atomic E-state index is 12.6. The molecule has 9 heteroatoms. The molecule has 3 aromatic rings. The molecule has 0 radical (unpaired) electrons. The van der Waals surface area contributed by atoms with E-state index in [2.05, 4.69) is 39.0 Å². The third kappa shape index (κ3) is 6.45. The fourth-order valence-corrected chi connectivity index (χ4v) is 5.64. The average Bonchev–Trinajstić information content (AvgIpc) is 3.22.